The maximum Gasteiger partial charge on any atom is 0.269 e. The summed E-state index contributed by atoms with van der Waals surface area (Å²) in [5.41, 5.74) is 7.41. The number of aromatic nitrogens is 1. The van der Waals surface area contributed by atoms with Crippen molar-refractivity contribution in [2.45, 2.75) is 6.92 Å². The molecule has 0 saturated carbocycles. The molecule has 0 unspecified atom stereocenters. The van der Waals surface area contributed by atoms with E-state index in [4.69, 9.17) is 5.73 Å². The minimum atomic E-state index is -0.420. The van der Waals surface area contributed by atoms with Gasteiger partial charge in [0, 0.05) is 11.4 Å². The van der Waals surface area contributed by atoms with Gasteiger partial charge >= 0.3 is 0 Å². The van der Waals surface area contributed by atoms with Crippen molar-refractivity contribution in [3.8, 4) is 0 Å². The normalized spacial score (nSPS) is 13.8. The average molecular weight is 253 g/mol. The number of fused-ring (bicyclic) bond motifs is 1. The average Bonchev–Trinajstić information content (AvgIpc) is 2.63. The number of hydrogen-bond acceptors (Lipinski definition) is 4. The minimum Gasteiger partial charge on any atom is -0.398 e. The van der Waals surface area contributed by atoms with Gasteiger partial charge in [0.1, 0.15) is 5.82 Å². The standard InChI is InChI=1S/C14H11N3O2/c1-8-4-2-7-11(16-8)17-13(18)9-5-3-6-10(15)12(9)14(17)19/h2-7H,15H2,1H3. The zero-order valence-corrected chi connectivity index (χ0v) is 10.3. The zero-order chi connectivity index (χ0) is 13.6. The summed E-state index contributed by atoms with van der Waals surface area (Å²) in [6, 6.07) is 10.1. The lowest BCUT2D eigenvalue weighted by molar-refractivity contribution is 0.0925. The zero-order valence-electron chi connectivity index (χ0n) is 10.3. The molecule has 2 N–H and O–H groups in total. The van der Waals surface area contributed by atoms with E-state index in [1.807, 2.05) is 0 Å². The van der Waals surface area contributed by atoms with Gasteiger partial charge in [0.15, 0.2) is 0 Å². The number of nitrogens with zero attached hydrogens (tertiary/aromatic N) is 2. The molecule has 3 rings (SSSR count). The molecule has 5 nitrogen and oxygen atoms in total. The van der Waals surface area contributed by atoms with Crippen molar-refractivity contribution in [1.82, 2.24) is 4.98 Å². The van der Waals surface area contributed by atoms with Crippen LogP contribution >= 0.6 is 0 Å². The van der Waals surface area contributed by atoms with E-state index >= 15 is 0 Å². The second-order valence-corrected chi connectivity index (χ2v) is 4.35. The van der Waals surface area contributed by atoms with Crippen molar-refractivity contribution in [3.63, 3.8) is 0 Å². The van der Waals surface area contributed by atoms with Crippen LogP contribution in [0.15, 0.2) is 36.4 Å². The number of rotatable bonds is 1. The number of aryl methyl sites for hydroxylation is 1. The smallest absolute Gasteiger partial charge is 0.269 e. The van der Waals surface area contributed by atoms with Crippen LogP contribution in [0.2, 0.25) is 0 Å². The van der Waals surface area contributed by atoms with Crippen LogP contribution in [0.1, 0.15) is 26.4 Å². The third-order valence-corrected chi connectivity index (χ3v) is 3.05. The Morgan fingerprint density at radius 2 is 1.79 bits per heavy atom. The van der Waals surface area contributed by atoms with Gasteiger partial charge in [-0.1, -0.05) is 12.1 Å². The summed E-state index contributed by atoms with van der Waals surface area (Å²) < 4.78 is 0. The number of anilines is 2. The molecule has 0 saturated heterocycles. The Kier molecular flexibility index (Phi) is 2.35. The van der Waals surface area contributed by atoms with E-state index in [2.05, 4.69) is 4.98 Å². The van der Waals surface area contributed by atoms with Crippen molar-refractivity contribution in [1.29, 1.82) is 0 Å². The summed E-state index contributed by atoms with van der Waals surface area (Å²) in [6.45, 7) is 1.80. The molecule has 2 amide bonds. The van der Waals surface area contributed by atoms with Crippen molar-refractivity contribution in [2.24, 2.45) is 0 Å². The molecule has 1 aliphatic rings. The molecular formula is C14H11N3O2. The third-order valence-electron chi connectivity index (χ3n) is 3.05. The number of benzene rings is 1. The number of nitrogens with two attached hydrogens (primary N) is 1. The van der Waals surface area contributed by atoms with Crippen LogP contribution < -0.4 is 10.6 Å². The molecule has 0 bridgehead atoms. The number of imide groups is 1. The summed E-state index contributed by atoms with van der Waals surface area (Å²) in [5.74, 6) is -0.479. The molecule has 2 heterocycles. The Hall–Kier alpha value is -2.69. The molecule has 0 radical (unpaired) electrons. The van der Waals surface area contributed by atoms with Gasteiger partial charge < -0.3 is 5.73 Å². The first-order valence-electron chi connectivity index (χ1n) is 5.80. The fourth-order valence-corrected chi connectivity index (χ4v) is 2.17. The molecule has 1 aromatic carbocycles. The van der Waals surface area contributed by atoms with Gasteiger partial charge in [-0.25, -0.2) is 9.88 Å². The van der Waals surface area contributed by atoms with Crippen LogP contribution in [0, 0.1) is 6.92 Å². The van der Waals surface area contributed by atoms with Crippen molar-refractivity contribution in [3.05, 3.63) is 53.2 Å². The number of amides is 2. The van der Waals surface area contributed by atoms with Gasteiger partial charge in [-0.2, -0.15) is 0 Å². The van der Waals surface area contributed by atoms with Crippen LogP contribution in [-0.2, 0) is 0 Å². The molecule has 0 atom stereocenters. The lowest BCUT2D eigenvalue weighted by Gasteiger charge is -2.12. The number of hydrogen-bond donors (Lipinski definition) is 1. The van der Waals surface area contributed by atoms with E-state index in [1.54, 1.807) is 43.3 Å². The van der Waals surface area contributed by atoms with Crippen molar-refractivity contribution < 1.29 is 9.59 Å². The first-order chi connectivity index (χ1) is 9.09. The van der Waals surface area contributed by atoms with Crippen LogP contribution in [-0.4, -0.2) is 16.8 Å². The second-order valence-electron chi connectivity index (χ2n) is 4.35. The highest BCUT2D eigenvalue weighted by Crippen LogP contribution is 2.30. The van der Waals surface area contributed by atoms with Gasteiger partial charge in [-0.05, 0) is 31.2 Å². The molecule has 19 heavy (non-hydrogen) atoms. The highest BCUT2D eigenvalue weighted by Gasteiger charge is 2.38. The van der Waals surface area contributed by atoms with E-state index in [0.717, 1.165) is 10.6 Å². The largest absolute Gasteiger partial charge is 0.398 e. The Labute approximate surface area is 109 Å². The van der Waals surface area contributed by atoms with Crippen LogP contribution in [0.25, 0.3) is 0 Å². The summed E-state index contributed by atoms with van der Waals surface area (Å²) in [7, 11) is 0. The predicted octanol–water partition coefficient (Wildman–Crippen LogP) is 1.77. The maximum atomic E-state index is 12.3. The van der Waals surface area contributed by atoms with Crippen LogP contribution in [0.4, 0.5) is 11.5 Å². The number of pyridine rings is 1. The van der Waals surface area contributed by atoms with E-state index in [1.165, 1.54) is 0 Å². The Morgan fingerprint density at radius 1 is 1.05 bits per heavy atom. The SMILES string of the molecule is Cc1cccc(N2C(=O)c3cccc(N)c3C2=O)n1. The van der Waals surface area contributed by atoms with Crippen molar-refractivity contribution in [2.75, 3.05) is 10.6 Å². The summed E-state index contributed by atoms with van der Waals surface area (Å²) in [4.78, 5) is 29.9. The predicted molar refractivity (Wildman–Crippen MR) is 71.0 cm³/mol. The van der Waals surface area contributed by atoms with Gasteiger partial charge in [0.05, 0.1) is 11.1 Å². The fraction of sp³-hybridized carbons (Fsp3) is 0.0714. The Balaban J connectivity index is 2.16. The van der Waals surface area contributed by atoms with Gasteiger partial charge in [0.2, 0.25) is 0 Å². The monoisotopic (exact) mass is 253 g/mol. The molecular weight excluding hydrogens is 242 g/mol. The summed E-state index contributed by atoms with van der Waals surface area (Å²) in [5, 5.41) is 0. The first-order valence-corrected chi connectivity index (χ1v) is 5.80. The van der Waals surface area contributed by atoms with E-state index in [9.17, 15) is 9.59 Å². The van der Waals surface area contributed by atoms with Crippen LogP contribution in [0.5, 0.6) is 0 Å². The van der Waals surface area contributed by atoms with E-state index in [-0.39, 0.29) is 11.5 Å². The number of nitrogen functional groups attached to an aromatic ring is 1. The van der Waals surface area contributed by atoms with E-state index < -0.39 is 5.91 Å². The molecule has 94 valence electrons. The Morgan fingerprint density at radius 3 is 2.47 bits per heavy atom. The maximum absolute atomic E-state index is 12.3. The molecule has 1 aromatic heterocycles. The topological polar surface area (TPSA) is 76.3 Å². The number of carbonyl (C=O) groups is 2. The van der Waals surface area contributed by atoms with Gasteiger partial charge in [-0.3, -0.25) is 9.59 Å². The molecule has 0 aliphatic carbocycles. The van der Waals surface area contributed by atoms with E-state index in [0.29, 0.717) is 17.1 Å². The highest BCUT2D eigenvalue weighted by molar-refractivity contribution is 6.35. The second kappa shape index (κ2) is 3.91. The molecule has 2 aromatic rings. The fourth-order valence-electron chi connectivity index (χ4n) is 2.17. The van der Waals surface area contributed by atoms with Gasteiger partial charge in [0.25, 0.3) is 11.8 Å². The lowest BCUT2D eigenvalue weighted by atomic mass is 10.1. The van der Waals surface area contributed by atoms with Gasteiger partial charge in [-0.15, -0.1) is 0 Å². The summed E-state index contributed by atoms with van der Waals surface area (Å²) >= 11 is 0. The lowest BCUT2D eigenvalue weighted by Crippen LogP contribution is -2.30. The Bertz CT molecular complexity index is 710. The van der Waals surface area contributed by atoms with Crippen LogP contribution in [0.3, 0.4) is 0 Å². The first kappa shape index (κ1) is 11.4. The quantitative estimate of drug-likeness (QED) is 0.620. The minimum absolute atomic E-state index is 0.260. The molecule has 1 aliphatic heterocycles. The third kappa shape index (κ3) is 1.59. The number of carbonyl (C=O) groups excluding carboxylic acids is 2. The molecule has 0 fully saturated rings. The van der Waals surface area contributed by atoms with Crippen molar-refractivity contribution >= 4 is 23.3 Å². The summed E-state index contributed by atoms with van der Waals surface area (Å²) in [6.07, 6.45) is 0. The highest BCUT2D eigenvalue weighted by atomic mass is 16.2. The molecule has 5 heteroatoms. The molecule has 0 spiro atoms.